The standard InChI is InChI=1S/C20H25N3O4/c1-15-14-17(21-27-15)20(25)23-11-5-10-22(12-13-23)19(24)9-8-16-6-3-4-7-18(16)26-2/h3-4,6-7,14H,5,8-13H2,1-2H3. The summed E-state index contributed by atoms with van der Waals surface area (Å²) < 4.78 is 10.3. The lowest BCUT2D eigenvalue weighted by molar-refractivity contribution is -0.131. The average Bonchev–Trinajstić information content (AvgIpc) is 2.97. The van der Waals surface area contributed by atoms with Gasteiger partial charge in [0.15, 0.2) is 5.69 Å². The molecule has 1 saturated heterocycles. The number of nitrogens with zero attached hydrogens (tertiary/aromatic N) is 3. The second kappa shape index (κ2) is 8.70. The summed E-state index contributed by atoms with van der Waals surface area (Å²) in [4.78, 5) is 28.7. The van der Waals surface area contributed by atoms with Gasteiger partial charge in [-0.25, -0.2) is 0 Å². The zero-order valence-corrected chi connectivity index (χ0v) is 15.8. The number of aryl methyl sites for hydroxylation is 2. The van der Waals surface area contributed by atoms with Crippen molar-refractivity contribution < 1.29 is 18.8 Å². The highest BCUT2D eigenvalue weighted by atomic mass is 16.5. The van der Waals surface area contributed by atoms with Crippen molar-refractivity contribution in [2.45, 2.75) is 26.2 Å². The molecule has 2 heterocycles. The van der Waals surface area contributed by atoms with E-state index in [4.69, 9.17) is 9.26 Å². The van der Waals surface area contributed by atoms with Crippen molar-refractivity contribution in [2.24, 2.45) is 0 Å². The van der Waals surface area contributed by atoms with Crippen LogP contribution in [0, 0.1) is 6.92 Å². The first-order valence-electron chi connectivity index (χ1n) is 9.20. The first-order valence-corrected chi connectivity index (χ1v) is 9.20. The zero-order valence-electron chi connectivity index (χ0n) is 15.8. The third kappa shape index (κ3) is 4.67. The highest BCUT2D eigenvalue weighted by Crippen LogP contribution is 2.19. The molecule has 1 aromatic carbocycles. The number of carbonyl (C=O) groups is 2. The zero-order chi connectivity index (χ0) is 19.2. The average molecular weight is 371 g/mol. The summed E-state index contributed by atoms with van der Waals surface area (Å²) in [6.07, 6.45) is 1.82. The van der Waals surface area contributed by atoms with Gasteiger partial charge in [0, 0.05) is 38.7 Å². The minimum atomic E-state index is -0.143. The van der Waals surface area contributed by atoms with Gasteiger partial charge in [-0.1, -0.05) is 23.4 Å². The molecule has 1 aliphatic heterocycles. The van der Waals surface area contributed by atoms with Gasteiger partial charge in [0.25, 0.3) is 5.91 Å². The van der Waals surface area contributed by atoms with Gasteiger partial charge >= 0.3 is 0 Å². The number of rotatable bonds is 5. The molecule has 2 aromatic rings. The quantitative estimate of drug-likeness (QED) is 0.806. The van der Waals surface area contributed by atoms with E-state index in [1.54, 1.807) is 25.0 Å². The molecule has 0 bridgehead atoms. The van der Waals surface area contributed by atoms with Crippen LogP contribution in [-0.4, -0.2) is 60.1 Å². The molecule has 27 heavy (non-hydrogen) atoms. The van der Waals surface area contributed by atoms with Crippen LogP contribution in [-0.2, 0) is 11.2 Å². The Balaban J connectivity index is 1.54. The molecule has 0 aliphatic carbocycles. The van der Waals surface area contributed by atoms with E-state index < -0.39 is 0 Å². The van der Waals surface area contributed by atoms with Crippen LogP contribution in [0.4, 0.5) is 0 Å². The molecule has 0 saturated carbocycles. The van der Waals surface area contributed by atoms with Crippen molar-refractivity contribution in [3.8, 4) is 5.75 Å². The molecule has 0 N–H and O–H groups in total. The summed E-state index contributed by atoms with van der Waals surface area (Å²) in [5.74, 6) is 1.38. The van der Waals surface area contributed by atoms with Gasteiger partial charge in [0.1, 0.15) is 11.5 Å². The third-order valence-corrected chi connectivity index (χ3v) is 4.78. The Kier molecular flexibility index (Phi) is 6.11. The summed E-state index contributed by atoms with van der Waals surface area (Å²) in [6, 6.07) is 9.39. The predicted molar refractivity (Wildman–Crippen MR) is 99.7 cm³/mol. The number of para-hydroxylation sites is 1. The highest BCUT2D eigenvalue weighted by molar-refractivity contribution is 5.92. The molecule has 144 valence electrons. The summed E-state index contributed by atoms with van der Waals surface area (Å²) in [5, 5.41) is 3.80. The predicted octanol–water partition coefficient (Wildman–Crippen LogP) is 2.30. The number of methoxy groups -OCH3 is 1. The number of carbonyl (C=O) groups excluding carboxylic acids is 2. The summed E-state index contributed by atoms with van der Waals surface area (Å²) >= 11 is 0. The Labute approximate surface area is 158 Å². The van der Waals surface area contributed by atoms with Crippen molar-refractivity contribution in [3.05, 3.63) is 47.3 Å². The summed E-state index contributed by atoms with van der Waals surface area (Å²) in [5.41, 5.74) is 1.35. The Morgan fingerprint density at radius 3 is 2.63 bits per heavy atom. The molecule has 0 radical (unpaired) electrons. The van der Waals surface area contributed by atoms with E-state index in [0.717, 1.165) is 17.7 Å². The van der Waals surface area contributed by atoms with Crippen LogP contribution >= 0.6 is 0 Å². The molecule has 1 aromatic heterocycles. The largest absolute Gasteiger partial charge is 0.496 e. The second-order valence-electron chi connectivity index (χ2n) is 6.66. The topological polar surface area (TPSA) is 75.9 Å². The van der Waals surface area contributed by atoms with Gasteiger partial charge in [0.05, 0.1) is 7.11 Å². The van der Waals surface area contributed by atoms with E-state index in [-0.39, 0.29) is 11.8 Å². The molecule has 1 aliphatic rings. The van der Waals surface area contributed by atoms with Crippen molar-refractivity contribution in [3.63, 3.8) is 0 Å². The lowest BCUT2D eigenvalue weighted by Gasteiger charge is -2.22. The van der Waals surface area contributed by atoms with E-state index in [2.05, 4.69) is 5.16 Å². The maximum Gasteiger partial charge on any atom is 0.276 e. The van der Waals surface area contributed by atoms with Gasteiger partial charge in [-0.05, 0) is 31.4 Å². The maximum absolute atomic E-state index is 12.6. The number of hydrogen-bond donors (Lipinski definition) is 0. The minimum Gasteiger partial charge on any atom is -0.496 e. The fraction of sp³-hybridized carbons (Fsp3) is 0.450. The smallest absolute Gasteiger partial charge is 0.276 e. The molecule has 7 nitrogen and oxygen atoms in total. The molecule has 0 spiro atoms. The lowest BCUT2D eigenvalue weighted by atomic mass is 10.1. The monoisotopic (exact) mass is 371 g/mol. The van der Waals surface area contributed by atoms with Crippen LogP contribution in [0.25, 0.3) is 0 Å². The van der Waals surface area contributed by atoms with E-state index in [1.165, 1.54) is 0 Å². The van der Waals surface area contributed by atoms with Crippen LogP contribution in [0.15, 0.2) is 34.9 Å². The first kappa shape index (κ1) is 18.9. The molecule has 1 fully saturated rings. The fourth-order valence-electron chi connectivity index (χ4n) is 3.31. The SMILES string of the molecule is COc1ccccc1CCC(=O)N1CCCN(C(=O)c2cc(C)on2)CC1. The van der Waals surface area contributed by atoms with E-state index in [1.807, 2.05) is 29.2 Å². The number of amides is 2. The third-order valence-electron chi connectivity index (χ3n) is 4.78. The van der Waals surface area contributed by atoms with Crippen molar-refractivity contribution >= 4 is 11.8 Å². The minimum absolute atomic E-state index is 0.104. The van der Waals surface area contributed by atoms with Crippen LogP contribution in [0.2, 0.25) is 0 Å². The summed E-state index contributed by atoms with van der Waals surface area (Å²) in [6.45, 7) is 4.07. The molecular weight excluding hydrogens is 346 g/mol. The van der Waals surface area contributed by atoms with Gasteiger partial charge in [-0.3, -0.25) is 9.59 Å². The molecule has 0 unspecified atom stereocenters. The van der Waals surface area contributed by atoms with Gasteiger partial charge in [0.2, 0.25) is 5.91 Å². The molecule has 0 atom stereocenters. The first-order chi connectivity index (χ1) is 13.1. The van der Waals surface area contributed by atoms with Crippen LogP contribution in [0.1, 0.15) is 34.7 Å². The summed E-state index contributed by atoms with van der Waals surface area (Å²) in [7, 11) is 1.64. The molecular formula is C20H25N3O4. The van der Waals surface area contributed by atoms with Crippen molar-refractivity contribution in [2.75, 3.05) is 33.3 Å². The Morgan fingerprint density at radius 1 is 1.15 bits per heavy atom. The normalized spacial score (nSPS) is 14.7. The Morgan fingerprint density at radius 2 is 1.89 bits per heavy atom. The second-order valence-corrected chi connectivity index (χ2v) is 6.66. The molecule has 7 heteroatoms. The highest BCUT2D eigenvalue weighted by Gasteiger charge is 2.24. The number of benzene rings is 1. The van der Waals surface area contributed by atoms with Crippen LogP contribution in [0.3, 0.4) is 0 Å². The van der Waals surface area contributed by atoms with Gasteiger partial charge in [-0.2, -0.15) is 0 Å². The lowest BCUT2D eigenvalue weighted by Crippen LogP contribution is -2.37. The van der Waals surface area contributed by atoms with Gasteiger partial charge in [-0.15, -0.1) is 0 Å². The Hall–Kier alpha value is -2.83. The fourth-order valence-corrected chi connectivity index (χ4v) is 3.31. The number of aromatic nitrogens is 1. The van der Waals surface area contributed by atoms with E-state index in [0.29, 0.717) is 50.5 Å². The van der Waals surface area contributed by atoms with Crippen molar-refractivity contribution in [1.29, 1.82) is 0 Å². The molecule has 3 rings (SSSR count). The maximum atomic E-state index is 12.6. The molecule has 2 amide bonds. The number of hydrogen-bond acceptors (Lipinski definition) is 5. The van der Waals surface area contributed by atoms with Crippen LogP contribution in [0.5, 0.6) is 5.75 Å². The Bertz CT molecular complexity index is 802. The van der Waals surface area contributed by atoms with E-state index in [9.17, 15) is 9.59 Å². The number of ether oxygens (including phenoxy) is 1. The van der Waals surface area contributed by atoms with Crippen molar-refractivity contribution in [1.82, 2.24) is 15.0 Å². The van der Waals surface area contributed by atoms with Gasteiger partial charge < -0.3 is 19.1 Å². The van der Waals surface area contributed by atoms with E-state index >= 15 is 0 Å². The van der Waals surface area contributed by atoms with Crippen LogP contribution < -0.4 is 4.74 Å².